The minimum Gasteiger partial charge on any atom is -0.276 e. The highest BCUT2D eigenvalue weighted by atomic mass is 35.5. The van der Waals surface area contributed by atoms with Crippen LogP contribution >= 0.6 is 11.6 Å². The van der Waals surface area contributed by atoms with Crippen LogP contribution in [0.1, 0.15) is 5.56 Å². The molecule has 0 saturated carbocycles. The number of anilines is 1. The van der Waals surface area contributed by atoms with E-state index in [9.17, 15) is 8.78 Å². The lowest BCUT2D eigenvalue weighted by atomic mass is 10.2. The number of nitrogens with zero attached hydrogens (tertiary/aromatic N) is 1. The smallest absolute Gasteiger partial charge is 0.151 e. The molecule has 0 unspecified atom stereocenters. The summed E-state index contributed by atoms with van der Waals surface area (Å²) in [4.78, 5) is 0. The van der Waals surface area contributed by atoms with E-state index in [0.29, 0.717) is 5.02 Å². The van der Waals surface area contributed by atoms with Gasteiger partial charge in [0.05, 0.1) is 11.9 Å². The summed E-state index contributed by atoms with van der Waals surface area (Å²) in [7, 11) is 0. The minimum absolute atomic E-state index is 0.106. The number of hydrogen-bond donors (Lipinski definition) is 1. The van der Waals surface area contributed by atoms with Crippen molar-refractivity contribution in [3.05, 3.63) is 64.7 Å². The van der Waals surface area contributed by atoms with E-state index in [1.54, 1.807) is 24.3 Å². The largest absolute Gasteiger partial charge is 0.276 e. The first-order chi connectivity index (χ1) is 8.65. The first kappa shape index (κ1) is 12.5. The van der Waals surface area contributed by atoms with Crippen LogP contribution in [0.3, 0.4) is 0 Å². The summed E-state index contributed by atoms with van der Waals surface area (Å²) in [6.45, 7) is 0. The summed E-state index contributed by atoms with van der Waals surface area (Å²) in [6, 6.07) is 10.3. The Labute approximate surface area is 108 Å². The van der Waals surface area contributed by atoms with Crippen molar-refractivity contribution < 1.29 is 8.78 Å². The van der Waals surface area contributed by atoms with E-state index in [2.05, 4.69) is 10.5 Å². The molecular formula is C13H9ClF2N2. The van der Waals surface area contributed by atoms with Crippen LogP contribution in [0.4, 0.5) is 14.5 Å². The molecule has 18 heavy (non-hydrogen) atoms. The van der Waals surface area contributed by atoms with E-state index in [-0.39, 0.29) is 5.69 Å². The lowest BCUT2D eigenvalue weighted by molar-refractivity contribution is 0.585. The van der Waals surface area contributed by atoms with Gasteiger partial charge in [0, 0.05) is 11.1 Å². The second-order valence-electron chi connectivity index (χ2n) is 3.55. The molecule has 2 rings (SSSR count). The average Bonchev–Trinajstić information content (AvgIpc) is 2.32. The number of halogens is 3. The number of hydrogen-bond acceptors (Lipinski definition) is 2. The molecule has 0 saturated heterocycles. The van der Waals surface area contributed by atoms with Crippen molar-refractivity contribution in [3.8, 4) is 0 Å². The molecule has 0 aliphatic rings. The Balaban J connectivity index is 2.07. The number of hydrazone groups is 1. The lowest BCUT2D eigenvalue weighted by Crippen LogP contribution is -1.94. The molecule has 0 bridgehead atoms. The molecule has 2 aromatic rings. The highest BCUT2D eigenvalue weighted by Crippen LogP contribution is 2.15. The molecular weight excluding hydrogens is 258 g/mol. The van der Waals surface area contributed by atoms with Gasteiger partial charge in [-0.3, -0.25) is 5.43 Å². The Kier molecular flexibility index (Phi) is 3.89. The number of rotatable bonds is 3. The van der Waals surface area contributed by atoms with Gasteiger partial charge in [0.15, 0.2) is 5.82 Å². The monoisotopic (exact) mass is 266 g/mol. The van der Waals surface area contributed by atoms with Gasteiger partial charge in [0.2, 0.25) is 0 Å². The zero-order valence-electron chi connectivity index (χ0n) is 9.20. The van der Waals surface area contributed by atoms with Crippen LogP contribution < -0.4 is 5.43 Å². The summed E-state index contributed by atoms with van der Waals surface area (Å²) in [6.07, 6.45) is 1.49. The predicted octanol–water partition coefficient (Wildman–Crippen LogP) is 4.06. The Morgan fingerprint density at radius 2 is 1.94 bits per heavy atom. The molecule has 0 fully saturated rings. The molecule has 2 aromatic carbocycles. The van der Waals surface area contributed by atoms with Crippen LogP contribution in [0, 0.1) is 11.6 Å². The Morgan fingerprint density at radius 3 is 2.67 bits per heavy atom. The maximum Gasteiger partial charge on any atom is 0.151 e. The summed E-state index contributed by atoms with van der Waals surface area (Å²) in [5, 5.41) is 4.44. The van der Waals surface area contributed by atoms with Gasteiger partial charge in [-0.2, -0.15) is 5.10 Å². The van der Waals surface area contributed by atoms with Crippen LogP contribution in [0.5, 0.6) is 0 Å². The molecule has 0 aromatic heterocycles. The Bertz CT molecular complexity index is 585. The molecule has 0 atom stereocenters. The van der Waals surface area contributed by atoms with Gasteiger partial charge in [0.1, 0.15) is 5.82 Å². The third-order valence-electron chi connectivity index (χ3n) is 2.18. The van der Waals surface area contributed by atoms with Gasteiger partial charge in [-0.25, -0.2) is 8.78 Å². The quantitative estimate of drug-likeness (QED) is 0.657. The highest BCUT2D eigenvalue weighted by molar-refractivity contribution is 6.30. The van der Waals surface area contributed by atoms with Gasteiger partial charge >= 0.3 is 0 Å². The van der Waals surface area contributed by atoms with Crippen LogP contribution in [0.15, 0.2) is 47.6 Å². The van der Waals surface area contributed by atoms with Crippen LogP contribution in [0.25, 0.3) is 0 Å². The van der Waals surface area contributed by atoms with Crippen molar-refractivity contribution in [2.45, 2.75) is 0 Å². The predicted molar refractivity (Wildman–Crippen MR) is 69.0 cm³/mol. The second kappa shape index (κ2) is 5.60. The van der Waals surface area contributed by atoms with E-state index in [4.69, 9.17) is 11.6 Å². The summed E-state index contributed by atoms with van der Waals surface area (Å²) in [5.74, 6) is -1.32. The number of benzene rings is 2. The Morgan fingerprint density at radius 1 is 1.11 bits per heavy atom. The van der Waals surface area contributed by atoms with Gasteiger partial charge in [-0.15, -0.1) is 0 Å². The molecule has 0 amide bonds. The Hall–Kier alpha value is -1.94. The van der Waals surface area contributed by atoms with E-state index >= 15 is 0 Å². The van der Waals surface area contributed by atoms with Crippen molar-refractivity contribution in [2.75, 3.05) is 5.43 Å². The van der Waals surface area contributed by atoms with Crippen LogP contribution in [-0.4, -0.2) is 6.21 Å². The van der Waals surface area contributed by atoms with E-state index in [0.717, 1.165) is 17.7 Å². The molecule has 92 valence electrons. The summed E-state index contributed by atoms with van der Waals surface area (Å²) >= 11 is 5.80. The highest BCUT2D eigenvalue weighted by Gasteiger charge is 2.01. The van der Waals surface area contributed by atoms with E-state index in [1.807, 2.05) is 0 Å². The average molecular weight is 267 g/mol. The van der Waals surface area contributed by atoms with Crippen LogP contribution in [0.2, 0.25) is 5.02 Å². The van der Waals surface area contributed by atoms with Gasteiger partial charge in [-0.05, 0) is 29.8 Å². The molecule has 0 aliphatic carbocycles. The van der Waals surface area contributed by atoms with E-state index < -0.39 is 11.6 Å². The van der Waals surface area contributed by atoms with E-state index in [1.165, 1.54) is 12.3 Å². The first-order valence-corrected chi connectivity index (χ1v) is 5.52. The lowest BCUT2D eigenvalue weighted by Gasteiger charge is -2.01. The molecule has 0 heterocycles. The maximum absolute atomic E-state index is 13.2. The minimum atomic E-state index is -0.696. The van der Waals surface area contributed by atoms with Crippen molar-refractivity contribution in [1.82, 2.24) is 0 Å². The van der Waals surface area contributed by atoms with Gasteiger partial charge in [-0.1, -0.05) is 23.7 Å². The van der Waals surface area contributed by atoms with Gasteiger partial charge < -0.3 is 0 Å². The maximum atomic E-state index is 13.2. The topological polar surface area (TPSA) is 24.4 Å². The third-order valence-corrected chi connectivity index (χ3v) is 2.41. The molecule has 0 aliphatic heterocycles. The molecule has 2 nitrogen and oxygen atoms in total. The van der Waals surface area contributed by atoms with Gasteiger partial charge in [0.25, 0.3) is 0 Å². The normalized spacial score (nSPS) is 10.8. The second-order valence-corrected chi connectivity index (χ2v) is 3.99. The molecule has 1 N–H and O–H groups in total. The molecule has 0 radical (unpaired) electrons. The fraction of sp³-hybridized carbons (Fsp3) is 0. The number of nitrogens with one attached hydrogen (secondary N) is 1. The fourth-order valence-corrected chi connectivity index (χ4v) is 1.54. The molecule has 0 spiro atoms. The fourth-order valence-electron chi connectivity index (χ4n) is 1.34. The standard InChI is InChI=1S/C13H9ClF2N2/c14-10-3-1-2-9(6-10)8-17-18-13-5-4-11(15)7-12(13)16/h1-8,18H/b17-8-. The third kappa shape index (κ3) is 3.28. The molecule has 5 heteroatoms. The van der Waals surface area contributed by atoms with Crippen molar-refractivity contribution in [3.63, 3.8) is 0 Å². The van der Waals surface area contributed by atoms with Crippen LogP contribution in [-0.2, 0) is 0 Å². The zero-order valence-corrected chi connectivity index (χ0v) is 9.96. The summed E-state index contributed by atoms with van der Waals surface area (Å²) < 4.78 is 25.9. The summed E-state index contributed by atoms with van der Waals surface area (Å²) in [5.41, 5.74) is 3.37. The van der Waals surface area contributed by atoms with Crippen molar-refractivity contribution in [2.24, 2.45) is 5.10 Å². The van der Waals surface area contributed by atoms with Crippen molar-refractivity contribution in [1.29, 1.82) is 0 Å². The first-order valence-electron chi connectivity index (χ1n) is 5.15. The SMILES string of the molecule is Fc1ccc(N/N=C\c2cccc(Cl)c2)c(F)c1. The van der Waals surface area contributed by atoms with Crippen molar-refractivity contribution >= 4 is 23.5 Å². The zero-order chi connectivity index (χ0) is 13.0.